The quantitative estimate of drug-likeness (QED) is 0.635. The number of nitrogens with two attached hydrogens (primary N) is 1. The second-order valence-electron chi connectivity index (χ2n) is 2.35. The lowest BCUT2D eigenvalue weighted by atomic mass is 10.1. The van der Waals surface area contributed by atoms with Crippen molar-refractivity contribution in [2.75, 3.05) is 5.73 Å². The lowest BCUT2D eigenvalue weighted by Gasteiger charge is -2.03. The Kier molecular flexibility index (Phi) is 4.31. The van der Waals surface area contributed by atoms with Crippen molar-refractivity contribution >= 4 is 5.82 Å². The van der Waals surface area contributed by atoms with E-state index in [-0.39, 0.29) is 16.9 Å². The van der Waals surface area contributed by atoms with Crippen molar-refractivity contribution in [3.8, 4) is 0 Å². The number of aromatic nitrogens is 1. The molecular formula is C9H14F2N2. The van der Waals surface area contributed by atoms with E-state index in [1.165, 1.54) is 13.8 Å². The maximum atomic E-state index is 12.8. The van der Waals surface area contributed by atoms with Crippen LogP contribution in [0.15, 0.2) is 0 Å². The fourth-order valence-electron chi connectivity index (χ4n) is 0.750. The van der Waals surface area contributed by atoms with Crippen molar-refractivity contribution in [1.29, 1.82) is 0 Å². The van der Waals surface area contributed by atoms with Gasteiger partial charge < -0.3 is 5.73 Å². The van der Waals surface area contributed by atoms with Crippen LogP contribution < -0.4 is 5.73 Å². The van der Waals surface area contributed by atoms with Gasteiger partial charge in [0.1, 0.15) is 0 Å². The summed E-state index contributed by atoms with van der Waals surface area (Å²) in [6.07, 6.45) is 0. The second kappa shape index (κ2) is 4.74. The smallest absolute Gasteiger partial charge is 0.218 e. The summed E-state index contributed by atoms with van der Waals surface area (Å²) < 4.78 is 25.5. The van der Waals surface area contributed by atoms with Crippen molar-refractivity contribution < 1.29 is 8.78 Å². The Hall–Kier alpha value is -1.19. The minimum Gasteiger partial charge on any atom is -0.381 e. The first kappa shape index (κ1) is 11.8. The molecule has 0 aliphatic heterocycles. The average molecular weight is 188 g/mol. The van der Waals surface area contributed by atoms with Gasteiger partial charge in [-0.05, 0) is 19.4 Å². The summed E-state index contributed by atoms with van der Waals surface area (Å²) in [6.45, 7) is 6.92. The first-order chi connectivity index (χ1) is 6.04. The lowest BCUT2D eigenvalue weighted by Crippen LogP contribution is -2.03. The summed E-state index contributed by atoms with van der Waals surface area (Å²) in [5, 5.41) is 0. The minimum absolute atomic E-state index is 0.205. The summed E-state index contributed by atoms with van der Waals surface area (Å²) in [5.41, 5.74) is 5.49. The molecule has 0 atom stereocenters. The number of nitrogens with zero attached hydrogens (tertiary/aromatic N) is 1. The monoisotopic (exact) mass is 188 g/mol. The van der Waals surface area contributed by atoms with Gasteiger partial charge in [-0.15, -0.1) is 0 Å². The van der Waals surface area contributed by atoms with Crippen molar-refractivity contribution in [2.45, 2.75) is 27.7 Å². The van der Waals surface area contributed by atoms with Gasteiger partial charge in [0, 0.05) is 5.56 Å². The van der Waals surface area contributed by atoms with Gasteiger partial charge in [-0.1, -0.05) is 13.8 Å². The van der Waals surface area contributed by atoms with E-state index < -0.39 is 11.8 Å². The maximum absolute atomic E-state index is 12.8. The van der Waals surface area contributed by atoms with Crippen molar-refractivity contribution in [3.63, 3.8) is 0 Å². The first-order valence-electron chi connectivity index (χ1n) is 4.11. The average Bonchev–Trinajstić information content (AvgIpc) is 2.15. The zero-order valence-electron chi connectivity index (χ0n) is 8.28. The van der Waals surface area contributed by atoms with E-state index in [1.807, 2.05) is 13.8 Å². The van der Waals surface area contributed by atoms with Crippen LogP contribution in [-0.2, 0) is 0 Å². The molecule has 1 aromatic heterocycles. The topological polar surface area (TPSA) is 38.9 Å². The molecule has 1 aromatic rings. The summed E-state index contributed by atoms with van der Waals surface area (Å²) in [4.78, 5) is 3.17. The highest BCUT2D eigenvalue weighted by Gasteiger charge is 2.10. The van der Waals surface area contributed by atoms with E-state index in [0.717, 1.165) is 0 Å². The third-order valence-electron chi connectivity index (χ3n) is 1.64. The highest BCUT2D eigenvalue weighted by molar-refractivity contribution is 5.38. The summed E-state index contributed by atoms with van der Waals surface area (Å²) in [7, 11) is 0. The predicted octanol–water partition coefficient (Wildman–Crippen LogP) is 2.59. The van der Waals surface area contributed by atoms with Gasteiger partial charge in [0.15, 0.2) is 11.6 Å². The number of pyridine rings is 1. The predicted molar refractivity (Wildman–Crippen MR) is 49.4 cm³/mol. The van der Waals surface area contributed by atoms with Crippen LogP contribution in [-0.4, -0.2) is 4.98 Å². The van der Waals surface area contributed by atoms with Gasteiger partial charge >= 0.3 is 0 Å². The van der Waals surface area contributed by atoms with Crippen LogP contribution in [0.25, 0.3) is 0 Å². The lowest BCUT2D eigenvalue weighted by molar-refractivity contribution is 0.550. The fraction of sp³-hybridized carbons (Fsp3) is 0.444. The largest absolute Gasteiger partial charge is 0.381 e. The Morgan fingerprint density at radius 2 is 1.54 bits per heavy atom. The Bertz CT molecular complexity index is 272. The van der Waals surface area contributed by atoms with Crippen LogP contribution in [0.3, 0.4) is 0 Å². The van der Waals surface area contributed by atoms with Gasteiger partial charge in [0.2, 0.25) is 5.95 Å². The molecule has 0 radical (unpaired) electrons. The molecule has 4 heteroatoms. The second-order valence-corrected chi connectivity index (χ2v) is 2.35. The third-order valence-corrected chi connectivity index (χ3v) is 1.64. The molecule has 74 valence electrons. The molecule has 0 bridgehead atoms. The molecule has 0 saturated heterocycles. The van der Waals surface area contributed by atoms with Crippen LogP contribution >= 0.6 is 0 Å². The Balaban J connectivity index is 0.000000671. The normalized spacial score (nSPS) is 9.08. The SMILES string of the molecule is CC.Cc1c(F)nc(N)c(F)c1C. The molecule has 1 rings (SSSR count). The van der Waals surface area contributed by atoms with Crippen LogP contribution in [0, 0.1) is 25.6 Å². The molecule has 0 aromatic carbocycles. The van der Waals surface area contributed by atoms with Gasteiger partial charge in [0.25, 0.3) is 0 Å². The van der Waals surface area contributed by atoms with Crippen LogP contribution in [0.2, 0.25) is 0 Å². The van der Waals surface area contributed by atoms with Crippen molar-refractivity contribution in [2.24, 2.45) is 0 Å². The fourth-order valence-corrected chi connectivity index (χ4v) is 0.750. The van der Waals surface area contributed by atoms with Crippen molar-refractivity contribution in [3.05, 3.63) is 22.9 Å². The molecule has 0 fully saturated rings. The van der Waals surface area contributed by atoms with Crippen LogP contribution in [0.1, 0.15) is 25.0 Å². The van der Waals surface area contributed by atoms with E-state index in [9.17, 15) is 8.78 Å². The zero-order valence-corrected chi connectivity index (χ0v) is 8.28. The molecular weight excluding hydrogens is 174 g/mol. The Labute approximate surface area is 76.8 Å². The van der Waals surface area contributed by atoms with Gasteiger partial charge in [-0.25, -0.2) is 4.39 Å². The third kappa shape index (κ3) is 2.37. The number of anilines is 1. The summed E-state index contributed by atoms with van der Waals surface area (Å²) in [6, 6.07) is 0. The van der Waals surface area contributed by atoms with Gasteiger partial charge in [-0.2, -0.15) is 9.37 Å². The zero-order chi connectivity index (χ0) is 10.6. The molecule has 2 nitrogen and oxygen atoms in total. The van der Waals surface area contributed by atoms with Gasteiger partial charge in [0.05, 0.1) is 0 Å². The number of hydrogen-bond donors (Lipinski definition) is 1. The van der Waals surface area contributed by atoms with Crippen LogP contribution in [0.4, 0.5) is 14.6 Å². The summed E-state index contributed by atoms with van der Waals surface area (Å²) in [5.74, 6) is -1.73. The first-order valence-corrected chi connectivity index (χ1v) is 4.11. The Morgan fingerprint density at radius 1 is 1.08 bits per heavy atom. The molecule has 0 aliphatic carbocycles. The highest BCUT2D eigenvalue weighted by atomic mass is 19.1. The van der Waals surface area contributed by atoms with E-state index in [0.29, 0.717) is 0 Å². The summed E-state index contributed by atoms with van der Waals surface area (Å²) >= 11 is 0. The highest BCUT2D eigenvalue weighted by Crippen LogP contribution is 2.17. The standard InChI is InChI=1S/C7H8F2N2.C2H6/c1-3-4(2)6(9)11-7(10)5(3)8;1-2/h1-2H3,(H2,10,11);1-2H3. The molecule has 0 spiro atoms. The van der Waals surface area contributed by atoms with E-state index in [2.05, 4.69) is 4.98 Å². The molecule has 0 unspecified atom stereocenters. The molecule has 1 heterocycles. The van der Waals surface area contributed by atoms with E-state index >= 15 is 0 Å². The van der Waals surface area contributed by atoms with Crippen molar-refractivity contribution in [1.82, 2.24) is 4.98 Å². The molecule has 0 saturated carbocycles. The number of halogens is 2. The van der Waals surface area contributed by atoms with E-state index in [4.69, 9.17) is 5.73 Å². The number of rotatable bonds is 0. The van der Waals surface area contributed by atoms with E-state index in [1.54, 1.807) is 0 Å². The number of nitrogen functional groups attached to an aromatic ring is 1. The Morgan fingerprint density at radius 3 is 2.00 bits per heavy atom. The minimum atomic E-state index is -0.707. The molecule has 0 amide bonds. The molecule has 0 aliphatic rings. The molecule has 13 heavy (non-hydrogen) atoms. The maximum Gasteiger partial charge on any atom is 0.218 e. The van der Waals surface area contributed by atoms with Crippen LogP contribution in [0.5, 0.6) is 0 Å². The number of hydrogen-bond acceptors (Lipinski definition) is 2. The molecule has 2 N–H and O–H groups in total. The van der Waals surface area contributed by atoms with Gasteiger partial charge in [-0.3, -0.25) is 0 Å².